The third kappa shape index (κ3) is 4.49. The zero-order chi connectivity index (χ0) is 19.4. The number of carbonyl (C=O) groups excluding carboxylic acids is 2. The highest BCUT2D eigenvalue weighted by Gasteiger charge is 2.36. The summed E-state index contributed by atoms with van der Waals surface area (Å²) >= 11 is 5.91. The zero-order valence-corrected chi connectivity index (χ0v) is 16.2. The van der Waals surface area contributed by atoms with Gasteiger partial charge < -0.3 is 15.4 Å². The number of methoxy groups -OCH3 is 1. The van der Waals surface area contributed by atoms with E-state index in [4.69, 9.17) is 16.3 Å². The highest BCUT2D eigenvalue weighted by atomic mass is 35.5. The molecule has 1 aliphatic rings. The van der Waals surface area contributed by atoms with Crippen molar-refractivity contribution in [2.75, 3.05) is 7.11 Å². The fourth-order valence-electron chi connectivity index (χ4n) is 3.51. The molecule has 1 amide bonds. The Morgan fingerprint density at radius 3 is 2.63 bits per heavy atom. The minimum atomic E-state index is -0.746. The maximum absolute atomic E-state index is 12.7. The molecular formula is C21H23ClN2O3. The van der Waals surface area contributed by atoms with Gasteiger partial charge in [0.15, 0.2) is 0 Å². The molecule has 27 heavy (non-hydrogen) atoms. The summed E-state index contributed by atoms with van der Waals surface area (Å²) < 4.78 is 4.87. The molecule has 0 saturated heterocycles. The monoisotopic (exact) mass is 386 g/mol. The van der Waals surface area contributed by atoms with Crippen LogP contribution in [0.3, 0.4) is 0 Å². The van der Waals surface area contributed by atoms with Crippen LogP contribution in [0.5, 0.6) is 0 Å². The highest BCUT2D eigenvalue weighted by Crippen LogP contribution is 2.33. The number of benzene rings is 2. The van der Waals surface area contributed by atoms with Crippen LogP contribution in [0.1, 0.15) is 30.0 Å². The second-order valence-corrected chi connectivity index (χ2v) is 7.43. The minimum absolute atomic E-state index is 0.203. The van der Waals surface area contributed by atoms with Crippen molar-refractivity contribution in [1.29, 1.82) is 0 Å². The van der Waals surface area contributed by atoms with Crippen LogP contribution in [0.4, 0.5) is 0 Å². The molecule has 0 saturated carbocycles. The van der Waals surface area contributed by atoms with Gasteiger partial charge in [-0.05, 0) is 35.7 Å². The van der Waals surface area contributed by atoms with Gasteiger partial charge in [0.2, 0.25) is 5.91 Å². The van der Waals surface area contributed by atoms with Gasteiger partial charge in [-0.25, -0.2) is 4.79 Å². The third-order valence-corrected chi connectivity index (χ3v) is 5.22. The SMILES string of the molecule is COC(=O)C(Cc1ccc(Cl)cc1)NC(=O)CC1(C)NCc2ccccc21. The lowest BCUT2D eigenvalue weighted by Gasteiger charge is -2.26. The molecule has 2 atom stereocenters. The van der Waals surface area contributed by atoms with Crippen LogP contribution in [0.2, 0.25) is 5.02 Å². The van der Waals surface area contributed by atoms with Crippen LogP contribution in [0.15, 0.2) is 48.5 Å². The Labute approximate surface area is 164 Å². The summed E-state index contributed by atoms with van der Waals surface area (Å²) in [6.07, 6.45) is 0.578. The lowest BCUT2D eigenvalue weighted by molar-refractivity contribution is -0.145. The standard InChI is InChI=1S/C21H23ClN2O3/c1-21(17-6-4-3-5-15(17)13-23-21)12-19(25)24-18(20(26)27-2)11-14-7-9-16(22)10-8-14/h3-10,18,23H,11-13H2,1-2H3,(H,24,25). The van der Waals surface area contributed by atoms with Gasteiger partial charge >= 0.3 is 5.97 Å². The first-order valence-electron chi connectivity index (χ1n) is 8.86. The highest BCUT2D eigenvalue weighted by molar-refractivity contribution is 6.30. The second-order valence-electron chi connectivity index (χ2n) is 6.99. The molecule has 2 aromatic carbocycles. The lowest BCUT2D eigenvalue weighted by atomic mass is 9.89. The van der Waals surface area contributed by atoms with Gasteiger partial charge in [0.05, 0.1) is 7.11 Å². The maximum atomic E-state index is 12.7. The minimum Gasteiger partial charge on any atom is -0.467 e. The fourth-order valence-corrected chi connectivity index (χ4v) is 3.64. The molecule has 1 heterocycles. The topological polar surface area (TPSA) is 67.4 Å². The van der Waals surface area contributed by atoms with E-state index in [1.54, 1.807) is 12.1 Å². The summed E-state index contributed by atoms with van der Waals surface area (Å²) in [6, 6.07) is 14.5. The number of hydrogen-bond acceptors (Lipinski definition) is 4. The number of fused-ring (bicyclic) bond motifs is 1. The van der Waals surface area contributed by atoms with Gasteiger partial charge in [0.1, 0.15) is 6.04 Å². The number of ether oxygens (including phenoxy) is 1. The average Bonchev–Trinajstić information content (AvgIpc) is 2.99. The van der Waals surface area contributed by atoms with E-state index in [0.29, 0.717) is 11.4 Å². The molecule has 0 aromatic heterocycles. The smallest absolute Gasteiger partial charge is 0.328 e. The Bertz CT molecular complexity index is 838. The number of hydrogen-bond donors (Lipinski definition) is 2. The van der Waals surface area contributed by atoms with Crippen LogP contribution < -0.4 is 10.6 Å². The van der Waals surface area contributed by atoms with Crippen molar-refractivity contribution in [1.82, 2.24) is 10.6 Å². The largest absolute Gasteiger partial charge is 0.467 e. The van der Waals surface area contributed by atoms with Gasteiger partial charge in [-0.15, -0.1) is 0 Å². The predicted molar refractivity (Wildman–Crippen MR) is 104 cm³/mol. The van der Waals surface area contributed by atoms with Crippen molar-refractivity contribution >= 4 is 23.5 Å². The normalized spacial score (nSPS) is 19.2. The Balaban J connectivity index is 1.69. The molecule has 3 rings (SSSR count). The predicted octanol–water partition coefficient (Wildman–Crippen LogP) is 2.95. The molecule has 0 bridgehead atoms. The van der Waals surface area contributed by atoms with Crippen molar-refractivity contribution in [3.05, 3.63) is 70.2 Å². The van der Waals surface area contributed by atoms with Crippen molar-refractivity contribution in [3.63, 3.8) is 0 Å². The number of halogens is 1. The molecule has 142 valence electrons. The number of rotatable bonds is 6. The molecule has 2 aromatic rings. The average molecular weight is 387 g/mol. The lowest BCUT2D eigenvalue weighted by Crippen LogP contribution is -2.46. The fraction of sp³-hybridized carbons (Fsp3) is 0.333. The summed E-state index contributed by atoms with van der Waals surface area (Å²) in [5.41, 5.74) is 2.75. The van der Waals surface area contributed by atoms with E-state index in [-0.39, 0.29) is 12.3 Å². The molecule has 5 nitrogen and oxygen atoms in total. The van der Waals surface area contributed by atoms with Gasteiger partial charge in [-0.3, -0.25) is 4.79 Å². The maximum Gasteiger partial charge on any atom is 0.328 e. The Hall–Kier alpha value is -2.37. The van der Waals surface area contributed by atoms with E-state index >= 15 is 0 Å². The molecular weight excluding hydrogens is 364 g/mol. The summed E-state index contributed by atoms with van der Waals surface area (Å²) in [7, 11) is 1.32. The number of nitrogens with one attached hydrogen (secondary N) is 2. The van der Waals surface area contributed by atoms with Gasteiger partial charge in [-0.1, -0.05) is 48.0 Å². The summed E-state index contributed by atoms with van der Waals surface area (Å²) in [5.74, 6) is -0.672. The van der Waals surface area contributed by atoms with Crippen LogP contribution in [-0.2, 0) is 32.8 Å². The van der Waals surface area contributed by atoms with Gasteiger partial charge in [0, 0.05) is 29.9 Å². The summed E-state index contributed by atoms with van der Waals surface area (Å²) in [5, 5.41) is 6.86. The summed E-state index contributed by atoms with van der Waals surface area (Å²) in [4.78, 5) is 24.9. The first kappa shape index (κ1) is 19.4. The molecule has 0 aliphatic carbocycles. The number of carbonyl (C=O) groups is 2. The zero-order valence-electron chi connectivity index (χ0n) is 15.4. The van der Waals surface area contributed by atoms with Gasteiger partial charge in [0.25, 0.3) is 0 Å². The van der Waals surface area contributed by atoms with E-state index in [9.17, 15) is 9.59 Å². The van der Waals surface area contributed by atoms with Gasteiger partial charge in [-0.2, -0.15) is 0 Å². The molecule has 1 aliphatic heterocycles. The molecule has 6 heteroatoms. The molecule has 2 N–H and O–H groups in total. The van der Waals surface area contributed by atoms with E-state index in [0.717, 1.165) is 17.7 Å². The van der Waals surface area contributed by atoms with Crippen LogP contribution in [-0.4, -0.2) is 25.0 Å². The molecule has 0 spiro atoms. The number of esters is 1. The van der Waals surface area contributed by atoms with Crippen LogP contribution >= 0.6 is 11.6 Å². The Morgan fingerprint density at radius 1 is 1.22 bits per heavy atom. The summed E-state index contributed by atoms with van der Waals surface area (Å²) in [6.45, 7) is 2.73. The Kier molecular flexibility index (Phi) is 5.82. The van der Waals surface area contributed by atoms with Crippen LogP contribution in [0, 0.1) is 0 Å². The van der Waals surface area contributed by atoms with Crippen molar-refractivity contribution in [2.45, 2.75) is 37.9 Å². The third-order valence-electron chi connectivity index (χ3n) is 4.97. The second kappa shape index (κ2) is 8.11. The van der Waals surface area contributed by atoms with E-state index in [1.807, 2.05) is 37.3 Å². The molecule has 0 fully saturated rings. The first-order valence-corrected chi connectivity index (χ1v) is 9.24. The van der Waals surface area contributed by atoms with E-state index < -0.39 is 17.6 Å². The molecule has 2 unspecified atom stereocenters. The quantitative estimate of drug-likeness (QED) is 0.749. The Morgan fingerprint density at radius 2 is 1.93 bits per heavy atom. The van der Waals surface area contributed by atoms with Crippen molar-refractivity contribution in [2.24, 2.45) is 0 Å². The number of amides is 1. The molecule has 0 radical (unpaired) electrons. The van der Waals surface area contributed by atoms with E-state index in [1.165, 1.54) is 12.7 Å². The van der Waals surface area contributed by atoms with Crippen LogP contribution in [0.25, 0.3) is 0 Å². The van der Waals surface area contributed by atoms with Crippen molar-refractivity contribution in [3.8, 4) is 0 Å². The first-order chi connectivity index (χ1) is 12.9. The van der Waals surface area contributed by atoms with Crippen molar-refractivity contribution < 1.29 is 14.3 Å². The van der Waals surface area contributed by atoms with E-state index in [2.05, 4.69) is 16.7 Å².